The molecule has 0 aromatic heterocycles. The summed E-state index contributed by atoms with van der Waals surface area (Å²) in [4.78, 5) is 0.266. The molecule has 1 saturated heterocycles. The fourth-order valence-corrected chi connectivity index (χ4v) is 6.12. The van der Waals surface area contributed by atoms with Gasteiger partial charge in [-0.3, -0.25) is 4.72 Å². The molecule has 0 spiro atoms. The highest BCUT2D eigenvalue weighted by atomic mass is 32.2. The highest BCUT2D eigenvalue weighted by Crippen LogP contribution is 2.27. The first-order chi connectivity index (χ1) is 13.7. The van der Waals surface area contributed by atoms with E-state index in [1.165, 1.54) is 16.4 Å². The summed E-state index contributed by atoms with van der Waals surface area (Å²) in [5, 5.41) is 0. The van der Waals surface area contributed by atoms with Gasteiger partial charge in [0.25, 0.3) is 10.0 Å². The number of aryl methyl sites for hydroxylation is 2. The van der Waals surface area contributed by atoms with Crippen LogP contribution >= 0.6 is 0 Å². The Morgan fingerprint density at radius 3 is 2.14 bits per heavy atom. The Labute approximate surface area is 174 Å². The van der Waals surface area contributed by atoms with E-state index in [-0.39, 0.29) is 15.5 Å². The van der Waals surface area contributed by atoms with Crippen LogP contribution in [0.2, 0.25) is 0 Å². The van der Waals surface area contributed by atoms with Crippen molar-refractivity contribution in [3.63, 3.8) is 0 Å². The number of nitrogens with one attached hydrogen (secondary N) is 1. The zero-order valence-electron chi connectivity index (χ0n) is 16.9. The van der Waals surface area contributed by atoms with Crippen LogP contribution in [0.5, 0.6) is 0 Å². The third kappa shape index (κ3) is 4.99. The lowest BCUT2D eigenvalue weighted by Crippen LogP contribution is -2.35. The van der Waals surface area contributed by atoms with Crippen molar-refractivity contribution < 1.29 is 16.8 Å². The zero-order valence-corrected chi connectivity index (χ0v) is 18.5. The average molecular weight is 437 g/mol. The molecule has 158 valence electrons. The van der Waals surface area contributed by atoms with Crippen molar-refractivity contribution in [3.8, 4) is 0 Å². The van der Waals surface area contributed by atoms with Crippen LogP contribution in [0.25, 0.3) is 0 Å². The number of hydrogen-bond acceptors (Lipinski definition) is 4. The molecule has 29 heavy (non-hydrogen) atoms. The Morgan fingerprint density at radius 2 is 1.52 bits per heavy atom. The maximum atomic E-state index is 12.9. The van der Waals surface area contributed by atoms with Crippen molar-refractivity contribution in [1.29, 1.82) is 0 Å². The maximum Gasteiger partial charge on any atom is 0.261 e. The van der Waals surface area contributed by atoms with E-state index in [0.29, 0.717) is 18.7 Å². The molecule has 0 amide bonds. The van der Waals surface area contributed by atoms with Gasteiger partial charge in [-0.15, -0.1) is 0 Å². The van der Waals surface area contributed by atoms with E-state index in [1.807, 2.05) is 12.1 Å². The minimum Gasteiger partial charge on any atom is -0.279 e. The van der Waals surface area contributed by atoms with Crippen LogP contribution in [-0.4, -0.2) is 34.2 Å². The summed E-state index contributed by atoms with van der Waals surface area (Å²) in [5.74, 6) is 0. The summed E-state index contributed by atoms with van der Waals surface area (Å²) in [6, 6.07) is 11.4. The van der Waals surface area contributed by atoms with Crippen molar-refractivity contribution in [3.05, 3.63) is 53.6 Å². The summed E-state index contributed by atoms with van der Waals surface area (Å²) in [6.45, 7) is 4.82. The zero-order chi connectivity index (χ0) is 21.1. The molecule has 2 aromatic carbocycles. The molecule has 3 rings (SSSR count). The molecule has 1 fully saturated rings. The van der Waals surface area contributed by atoms with Gasteiger partial charge in [-0.05, 0) is 61.6 Å². The molecule has 8 heteroatoms. The van der Waals surface area contributed by atoms with Crippen molar-refractivity contribution >= 4 is 25.7 Å². The van der Waals surface area contributed by atoms with Gasteiger partial charge in [-0.2, -0.15) is 4.31 Å². The summed E-state index contributed by atoms with van der Waals surface area (Å²) >= 11 is 0. The monoisotopic (exact) mass is 436 g/mol. The van der Waals surface area contributed by atoms with E-state index in [4.69, 9.17) is 0 Å². The number of sulfonamides is 2. The molecule has 1 heterocycles. The van der Waals surface area contributed by atoms with Gasteiger partial charge in [0.05, 0.1) is 15.5 Å². The molecule has 0 saturated carbocycles. The second kappa shape index (κ2) is 8.85. The first kappa shape index (κ1) is 21.8. The minimum atomic E-state index is -3.81. The maximum absolute atomic E-state index is 12.9. The summed E-state index contributed by atoms with van der Waals surface area (Å²) in [7, 11) is -7.45. The van der Waals surface area contributed by atoms with Gasteiger partial charge >= 0.3 is 0 Å². The second-order valence-electron chi connectivity index (χ2n) is 7.44. The van der Waals surface area contributed by atoms with Gasteiger partial charge in [0.2, 0.25) is 10.0 Å². The first-order valence-corrected chi connectivity index (χ1v) is 12.9. The highest BCUT2D eigenvalue weighted by molar-refractivity contribution is 7.92. The highest BCUT2D eigenvalue weighted by Gasteiger charge is 2.27. The lowest BCUT2D eigenvalue weighted by Gasteiger charge is -2.26. The van der Waals surface area contributed by atoms with E-state index in [1.54, 1.807) is 25.1 Å². The predicted octanol–water partition coefficient (Wildman–Crippen LogP) is 3.92. The molecule has 6 nitrogen and oxygen atoms in total. The van der Waals surface area contributed by atoms with Crippen molar-refractivity contribution in [2.24, 2.45) is 0 Å². The number of benzene rings is 2. The Morgan fingerprint density at radius 1 is 0.897 bits per heavy atom. The topological polar surface area (TPSA) is 83.5 Å². The number of rotatable bonds is 7. The molecule has 1 N–H and O–H groups in total. The second-order valence-corrected chi connectivity index (χ2v) is 11.1. The fraction of sp³-hybridized carbons (Fsp3) is 0.429. The largest absolute Gasteiger partial charge is 0.279 e. The molecule has 0 unspecified atom stereocenters. The fourth-order valence-electron chi connectivity index (χ4n) is 3.45. The summed E-state index contributed by atoms with van der Waals surface area (Å²) in [6.07, 6.45) is 4.60. The van der Waals surface area contributed by atoms with Crippen LogP contribution < -0.4 is 4.72 Å². The van der Waals surface area contributed by atoms with Crippen LogP contribution in [0.15, 0.2) is 52.3 Å². The molecule has 1 aliphatic rings. The third-order valence-corrected chi connectivity index (χ3v) is 8.45. The Bertz CT molecular complexity index is 1060. The SMILES string of the molecule is CCCc1ccc(S(=O)(=O)Nc2cc(S(=O)(=O)N3CCCCC3)ccc2C)cc1. The summed E-state index contributed by atoms with van der Waals surface area (Å²) in [5.41, 5.74) is 2.02. The van der Waals surface area contributed by atoms with Crippen LogP contribution in [0.3, 0.4) is 0 Å². The van der Waals surface area contributed by atoms with E-state index in [2.05, 4.69) is 11.6 Å². The molecule has 2 aromatic rings. The first-order valence-electron chi connectivity index (χ1n) is 9.96. The van der Waals surface area contributed by atoms with Gasteiger partial charge in [-0.25, -0.2) is 16.8 Å². The number of piperidine rings is 1. The minimum absolute atomic E-state index is 0.112. The number of nitrogens with zero attached hydrogens (tertiary/aromatic N) is 1. The van der Waals surface area contributed by atoms with Crippen LogP contribution in [-0.2, 0) is 26.5 Å². The van der Waals surface area contributed by atoms with Gasteiger partial charge in [0.15, 0.2) is 0 Å². The standard InChI is InChI=1S/C21H28N2O4S2/c1-3-7-18-9-12-19(13-10-18)28(24,25)22-21-16-20(11-8-17(21)2)29(26,27)23-14-5-4-6-15-23/h8-13,16,22H,3-7,14-15H2,1-2H3. The van der Waals surface area contributed by atoms with Crippen molar-refractivity contribution in [2.45, 2.75) is 55.7 Å². The van der Waals surface area contributed by atoms with Gasteiger partial charge in [0.1, 0.15) is 0 Å². The van der Waals surface area contributed by atoms with Gasteiger partial charge in [-0.1, -0.05) is 38.0 Å². The number of anilines is 1. The van der Waals surface area contributed by atoms with Crippen LogP contribution in [0.1, 0.15) is 43.7 Å². The molecule has 0 bridgehead atoms. The molecule has 0 aliphatic carbocycles. The lowest BCUT2D eigenvalue weighted by atomic mass is 10.1. The van der Waals surface area contributed by atoms with Gasteiger partial charge < -0.3 is 0 Å². The Kier molecular flexibility index (Phi) is 6.65. The third-order valence-electron chi connectivity index (χ3n) is 5.18. The quantitative estimate of drug-likeness (QED) is 0.713. The molecular formula is C21H28N2O4S2. The molecular weight excluding hydrogens is 408 g/mol. The molecule has 0 radical (unpaired) electrons. The van der Waals surface area contributed by atoms with Crippen molar-refractivity contribution in [2.75, 3.05) is 17.8 Å². The Hall–Kier alpha value is -1.90. The predicted molar refractivity (Wildman–Crippen MR) is 115 cm³/mol. The molecule has 0 atom stereocenters. The van der Waals surface area contributed by atoms with E-state index in [9.17, 15) is 16.8 Å². The van der Waals surface area contributed by atoms with Gasteiger partial charge in [0, 0.05) is 13.1 Å². The van der Waals surface area contributed by atoms with Crippen molar-refractivity contribution in [1.82, 2.24) is 4.31 Å². The van der Waals surface area contributed by atoms with E-state index >= 15 is 0 Å². The Balaban J connectivity index is 1.88. The van der Waals surface area contributed by atoms with E-state index in [0.717, 1.165) is 37.7 Å². The lowest BCUT2D eigenvalue weighted by molar-refractivity contribution is 0.346. The smallest absolute Gasteiger partial charge is 0.261 e. The molecule has 1 aliphatic heterocycles. The number of hydrogen-bond donors (Lipinski definition) is 1. The van der Waals surface area contributed by atoms with Crippen LogP contribution in [0.4, 0.5) is 5.69 Å². The average Bonchev–Trinajstić information content (AvgIpc) is 2.71. The normalized spacial score (nSPS) is 15.9. The van der Waals surface area contributed by atoms with Crippen LogP contribution in [0, 0.1) is 6.92 Å². The van der Waals surface area contributed by atoms with E-state index < -0.39 is 20.0 Å². The summed E-state index contributed by atoms with van der Waals surface area (Å²) < 4.78 is 55.5.